The van der Waals surface area contributed by atoms with Gasteiger partial charge in [-0.25, -0.2) is 4.72 Å². The van der Waals surface area contributed by atoms with Crippen LogP contribution in [0.3, 0.4) is 0 Å². The minimum Gasteiger partial charge on any atom is -0.379 e. The van der Waals surface area contributed by atoms with Crippen LogP contribution in [0.1, 0.15) is 5.56 Å². The molecule has 2 N–H and O–H groups in total. The van der Waals surface area contributed by atoms with Crippen LogP contribution in [0.4, 0.5) is 0 Å². The van der Waals surface area contributed by atoms with E-state index in [0.29, 0.717) is 39.3 Å². The van der Waals surface area contributed by atoms with E-state index in [0.717, 1.165) is 16.5 Å². The highest BCUT2D eigenvalue weighted by Gasteiger charge is 2.23. The molecule has 6 nitrogen and oxygen atoms in total. The number of benzene rings is 1. The first-order valence-electron chi connectivity index (χ1n) is 7.04. The van der Waals surface area contributed by atoms with Gasteiger partial charge < -0.3 is 9.72 Å². The number of H-pyrrole nitrogens is 1. The minimum atomic E-state index is -3.40. The molecule has 0 atom stereocenters. The predicted octanol–water partition coefficient (Wildman–Crippen LogP) is 0.877. The molecular weight excluding hydrogens is 290 g/mol. The van der Waals surface area contributed by atoms with E-state index in [1.807, 2.05) is 30.5 Å². The molecule has 114 valence electrons. The number of hydrogen-bond acceptors (Lipinski definition) is 3. The van der Waals surface area contributed by atoms with Gasteiger partial charge in [-0.05, 0) is 18.1 Å². The highest BCUT2D eigenvalue weighted by atomic mass is 32.2. The Kier molecular flexibility index (Phi) is 4.25. The third-order valence-electron chi connectivity index (χ3n) is 3.66. The summed E-state index contributed by atoms with van der Waals surface area (Å²) in [5.41, 5.74) is 2.19. The maximum absolute atomic E-state index is 12.1. The Hall–Kier alpha value is -1.41. The van der Waals surface area contributed by atoms with Gasteiger partial charge in [-0.2, -0.15) is 12.7 Å². The van der Waals surface area contributed by atoms with Gasteiger partial charge in [0, 0.05) is 36.7 Å². The molecule has 0 bridgehead atoms. The molecular formula is C14H19N3O3S. The summed E-state index contributed by atoms with van der Waals surface area (Å²) in [5.74, 6) is 0. The third kappa shape index (κ3) is 3.26. The molecule has 0 radical (unpaired) electrons. The van der Waals surface area contributed by atoms with Crippen LogP contribution in [0.5, 0.6) is 0 Å². The maximum Gasteiger partial charge on any atom is 0.279 e. The highest BCUT2D eigenvalue weighted by molar-refractivity contribution is 7.87. The van der Waals surface area contributed by atoms with Gasteiger partial charge in [0.15, 0.2) is 0 Å². The Balaban J connectivity index is 1.60. The van der Waals surface area contributed by atoms with Crippen LogP contribution >= 0.6 is 0 Å². The van der Waals surface area contributed by atoms with E-state index < -0.39 is 10.2 Å². The lowest BCUT2D eigenvalue weighted by atomic mass is 10.1. The van der Waals surface area contributed by atoms with Crippen LogP contribution < -0.4 is 4.72 Å². The largest absolute Gasteiger partial charge is 0.379 e. The Bertz CT molecular complexity index is 705. The van der Waals surface area contributed by atoms with Gasteiger partial charge in [-0.15, -0.1) is 0 Å². The summed E-state index contributed by atoms with van der Waals surface area (Å²) < 4.78 is 33.5. The zero-order valence-corrected chi connectivity index (χ0v) is 12.5. The number of para-hydroxylation sites is 1. The fraction of sp³-hybridized carbons (Fsp3) is 0.429. The van der Waals surface area contributed by atoms with Crippen molar-refractivity contribution in [2.45, 2.75) is 6.42 Å². The van der Waals surface area contributed by atoms with Crippen molar-refractivity contribution in [2.75, 3.05) is 32.8 Å². The number of ether oxygens (including phenoxy) is 1. The van der Waals surface area contributed by atoms with Gasteiger partial charge in [-0.1, -0.05) is 18.2 Å². The lowest BCUT2D eigenvalue weighted by molar-refractivity contribution is 0.0725. The first-order chi connectivity index (χ1) is 10.2. The van der Waals surface area contributed by atoms with E-state index in [9.17, 15) is 8.42 Å². The maximum atomic E-state index is 12.1. The van der Waals surface area contributed by atoms with E-state index in [1.165, 1.54) is 4.31 Å². The first-order valence-corrected chi connectivity index (χ1v) is 8.48. The Morgan fingerprint density at radius 1 is 1.24 bits per heavy atom. The van der Waals surface area contributed by atoms with E-state index >= 15 is 0 Å². The van der Waals surface area contributed by atoms with Gasteiger partial charge >= 0.3 is 0 Å². The van der Waals surface area contributed by atoms with Crippen molar-refractivity contribution in [3.05, 3.63) is 36.0 Å². The van der Waals surface area contributed by atoms with Crippen molar-refractivity contribution in [1.82, 2.24) is 14.0 Å². The van der Waals surface area contributed by atoms with Crippen molar-refractivity contribution in [2.24, 2.45) is 0 Å². The normalized spacial score (nSPS) is 17.3. The average molecular weight is 309 g/mol. The second kappa shape index (κ2) is 6.15. The molecule has 0 spiro atoms. The van der Waals surface area contributed by atoms with Crippen LogP contribution in [0.15, 0.2) is 30.5 Å². The Labute approximate surface area is 124 Å². The molecule has 2 aromatic rings. The summed E-state index contributed by atoms with van der Waals surface area (Å²) in [7, 11) is -3.40. The van der Waals surface area contributed by atoms with Crippen molar-refractivity contribution in [1.29, 1.82) is 0 Å². The molecule has 21 heavy (non-hydrogen) atoms. The topological polar surface area (TPSA) is 74.4 Å². The zero-order chi connectivity index (χ0) is 14.7. The fourth-order valence-corrected chi connectivity index (χ4v) is 3.70. The predicted molar refractivity (Wildman–Crippen MR) is 81.3 cm³/mol. The molecule has 1 fully saturated rings. The number of rotatable bonds is 5. The van der Waals surface area contributed by atoms with Crippen LogP contribution in [0.25, 0.3) is 10.9 Å². The molecule has 1 saturated heterocycles. The number of hydrogen-bond donors (Lipinski definition) is 2. The molecule has 7 heteroatoms. The molecule has 0 saturated carbocycles. The van der Waals surface area contributed by atoms with Gasteiger partial charge in [-0.3, -0.25) is 0 Å². The number of morpholine rings is 1. The lowest BCUT2D eigenvalue weighted by Crippen LogP contribution is -2.47. The number of nitrogens with one attached hydrogen (secondary N) is 2. The van der Waals surface area contributed by atoms with Gasteiger partial charge in [0.05, 0.1) is 13.2 Å². The summed E-state index contributed by atoms with van der Waals surface area (Å²) >= 11 is 0. The Morgan fingerprint density at radius 2 is 2.00 bits per heavy atom. The zero-order valence-electron chi connectivity index (χ0n) is 11.7. The molecule has 1 aromatic heterocycles. The second-order valence-electron chi connectivity index (χ2n) is 5.02. The number of aromatic nitrogens is 1. The van der Waals surface area contributed by atoms with Crippen LogP contribution in [0.2, 0.25) is 0 Å². The number of aromatic amines is 1. The van der Waals surface area contributed by atoms with E-state index in [2.05, 4.69) is 9.71 Å². The average Bonchev–Trinajstić information content (AvgIpc) is 2.92. The van der Waals surface area contributed by atoms with Gasteiger partial charge in [0.1, 0.15) is 0 Å². The number of fused-ring (bicyclic) bond motifs is 1. The quantitative estimate of drug-likeness (QED) is 0.861. The summed E-state index contributed by atoms with van der Waals surface area (Å²) in [6.07, 6.45) is 2.60. The molecule has 1 aromatic carbocycles. The van der Waals surface area contributed by atoms with Crippen molar-refractivity contribution < 1.29 is 13.2 Å². The molecule has 0 amide bonds. The fourth-order valence-electron chi connectivity index (χ4n) is 2.53. The summed E-state index contributed by atoms with van der Waals surface area (Å²) in [6.45, 7) is 2.15. The lowest BCUT2D eigenvalue weighted by Gasteiger charge is -2.26. The molecule has 3 rings (SSSR count). The third-order valence-corrected chi connectivity index (χ3v) is 5.28. The standard InChI is InChI=1S/C14H19N3O3S/c18-21(19,17-7-9-20-10-8-17)16-6-5-12-11-15-14-4-2-1-3-13(12)14/h1-4,11,15-16H,5-10H2. The van der Waals surface area contributed by atoms with E-state index in [-0.39, 0.29) is 0 Å². The van der Waals surface area contributed by atoms with E-state index in [4.69, 9.17) is 4.74 Å². The van der Waals surface area contributed by atoms with Gasteiger partial charge in [0.25, 0.3) is 10.2 Å². The first kappa shape index (κ1) is 14.5. The number of nitrogens with zero attached hydrogens (tertiary/aromatic N) is 1. The molecule has 1 aliphatic rings. The van der Waals surface area contributed by atoms with Crippen molar-refractivity contribution in [3.63, 3.8) is 0 Å². The van der Waals surface area contributed by atoms with Crippen molar-refractivity contribution in [3.8, 4) is 0 Å². The monoisotopic (exact) mass is 309 g/mol. The SMILES string of the molecule is O=S(=O)(NCCc1c[nH]c2ccccc12)N1CCOCC1. The van der Waals surface area contributed by atoms with Crippen LogP contribution in [-0.2, 0) is 21.4 Å². The molecule has 1 aliphatic heterocycles. The molecule has 0 aliphatic carbocycles. The summed E-state index contributed by atoms with van der Waals surface area (Å²) in [4.78, 5) is 3.20. The highest BCUT2D eigenvalue weighted by Crippen LogP contribution is 2.17. The van der Waals surface area contributed by atoms with Crippen molar-refractivity contribution >= 4 is 21.1 Å². The minimum absolute atomic E-state index is 0.390. The molecule has 2 heterocycles. The van der Waals surface area contributed by atoms with Crippen LogP contribution in [0, 0.1) is 0 Å². The molecule has 0 unspecified atom stereocenters. The Morgan fingerprint density at radius 3 is 2.81 bits per heavy atom. The second-order valence-corrected chi connectivity index (χ2v) is 6.78. The smallest absolute Gasteiger partial charge is 0.279 e. The van der Waals surface area contributed by atoms with Gasteiger partial charge in [0.2, 0.25) is 0 Å². The van der Waals surface area contributed by atoms with E-state index in [1.54, 1.807) is 0 Å². The summed E-state index contributed by atoms with van der Waals surface area (Å²) in [6, 6.07) is 8.01. The summed E-state index contributed by atoms with van der Waals surface area (Å²) in [5, 5.41) is 1.14. The van der Waals surface area contributed by atoms with Crippen LogP contribution in [-0.4, -0.2) is 50.6 Å².